The first-order chi connectivity index (χ1) is 11.6. The second-order valence-corrected chi connectivity index (χ2v) is 7.73. The largest absolute Gasteiger partial charge is 0.381 e. The van der Waals surface area contributed by atoms with E-state index in [9.17, 15) is 0 Å². The first kappa shape index (κ1) is 15.7. The van der Waals surface area contributed by atoms with Gasteiger partial charge in [-0.1, -0.05) is 12.5 Å². The first-order valence-corrected chi connectivity index (χ1v) is 9.43. The molecule has 0 radical (unpaired) electrons. The predicted octanol–water partition coefficient (Wildman–Crippen LogP) is 3.13. The van der Waals surface area contributed by atoms with Crippen molar-refractivity contribution >= 4 is 39.2 Å². The molecule has 2 aliphatic carbocycles. The van der Waals surface area contributed by atoms with Crippen LogP contribution in [0.4, 0.5) is 11.4 Å². The predicted molar refractivity (Wildman–Crippen MR) is 102 cm³/mol. The van der Waals surface area contributed by atoms with E-state index >= 15 is 0 Å². The van der Waals surface area contributed by atoms with Crippen molar-refractivity contribution in [2.45, 2.75) is 56.7 Å². The molecule has 0 saturated heterocycles. The van der Waals surface area contributed by atoms with Crippen LogP contribution >= 0.6 is 15.9 Å². The zero-order valence-corrected chi connectivity index (χ0v) is 15.2. The van der Waals surface area contributed by atoms with Crippen molar-refractivity contribution in [1.29, 1.82) is 0 Å². The number of aliphatic imine (C=N–C) groups is 2. The molecule has 0 amide bonds. The summed E-state index contributed by atoms with van der Waals surface area (Å²) < 4.78 is 0.993. The first-order valence-electron chi connectivity index (χ1n) is 8.64. The molecule has 1 aromatic carbocycles. The van der Waals surface area contributed by atoms with Crippen molar-refractivity contribution < 1.29 is 0 Å². The lowest BCUT2D eigenvalue weighted by Crippen LogP contribution is -2.58. The van der Waals surface area contributed by atoms with Crippen molar-refractivity contribution in [2.75, 3.05) is 10.2 Å². The van der Waals surface area contributed by atoms with Gasteiger partial charge in [-0.05, 0) is 66.6 Å². The lowest BCUT2D eigenvalue weighted by Gasteiger charge is -2.46. The van der Waals surface area contributed by atoms with Crippen LogP contribution in [0.3, 0.4) is 0 Å². The third kappa shape index (κ3) is 2.75. The third-order valence-electron chi connectivity index (χ3n) is 5.00. The van der Waals surface area contributed by atoms with E-state index < -0.39 is 5.66 Å². The minimum atomic E-state index is -0.419. The summed E-state index contributed by atoms with van der Waals surface area (Å²) in [7, 11) is 0. The number of para-hydroxylation sites is 1. The molecule has 2 saturated carbocycles. The number of nitrogens with one attached hydrogen (secondary N) is 1. The SMILES string of the molecule is NC1=NC2(CCCCC2)N(c2c(Br)cccc2NC2CC2)C(N)=N1. The molecule has 0 bridgehead atoms. The molecule has 0 atom stereocenters. The van der Waals surface area contributed by atoms with Gasteiger partial charge in [-0.25, -0.2) is 4.99 Å². The minimum Gasteiger partial charge on any atom is -0.381 e. The summed E-state index contributed by atoms with van der Waals surface area (Å²) in [5, 5.41) is 3.61. The molecule has 1 aliphatic heterocycles. The van der Waals surface area contributed by atoms with Crippen LogP contribution in [0.5, 0.6) is 0 Å². The molecule has 0 unspecified atom stereocenters. The highest BCUT2D eigenvalue weighted by atomic mass is 79.9. The van der Waals surface area contributed by atoms with E-state index in [1.165, 1.54) is 19.3 Å². The highest BCUT2D eigenvalue weighted by Crippen LogP contribution is 2.45. The van der Waals surface area contributed by atoms with E-state index in [-0.39, 0.29) is 5.96 Å². The van der Waals surface area contributed by atoms with Gasteiger partial charge in [-0.15, -0.1) is 0 Å². The maximum Gasteiger partial charge on any atom is 0.220 e. The van der Waals surface area contributed by atoms with Gasteiger partial charge in [-0.3, -0.25) is 4.90 Å². The van der Waals surface area contributed by atoms with Crippen LogP contribution in [-0.4, -0.2) is 23.6 Å². The van der Waals surface area contributed by atoms with Gasteiger partial charge in [0.05, 0.1) is 11.4 Å². The van der Waals surface area contributed by atoms with Crippen LogP contribution in [0.2, 0.25) is 0 Å². The maximum atomic E-state index is 6.36. The molecular formula is C17H23BrN6. The minimum absolute atomic E-state index is 0.286. The van der Waals surface area contributed by atoms with E-state index in [1.807, 2.05) is 12.1 Å². The smallest absolute Gasteiger partial charge is 0.220 e. The number of nitrogens with two attached hydrogens (primary N) is 2. The third-order valence-corrected chi connectivity index (χ3v) is 5.64. The van der Waals surface area contributed by atoms with Gasteiger partial charge >= 0.3 is 0 Å². The second-order valence-electron chi connectivity index (χ2n) is 6.87. The Morgan fingerprint density at radius 2 is 1.92 bits per heavy atom. The van der Waals surface area contributed by atoms with E-state index in [2.05, 4.69) is 37.2 Å². The van der Waals surface area contributed by atoms with Gasteiger partial charge in [0.25, 0.3) is 0 Å². The normalized spacial score (nSPS) is 23.0. The maximum absolute atomic E-state index is 6.36. The van der Waals surface area contributed by atoms with Crippen LogP contribution in [0.25, 0.3) is 0 Å². The number of benzene rings is 1. The number of nitrogens with zero attached hydrogens (tertiary/aromatic N) is 3. The Labute approximate surface area is 150 Å². The average Bonchev–Trinajstić information content (AvgIpc) is 3.34. The number of anilines is 2. The van der Waals surface area contributed by atoms with E-state index in [1.54, 1.807) is 0 Å². The fourth-order valence-corrected chi connectivity index (χ4v) is 4.30. The monoisotopic (exact) mass is 390 g/mol. The lowest BCUT2D eigenvalue weighted by atomic mass is 9.87. The molecule has 24 heavy (non-hydrogen) atoms. The van der Waals surface area contributed by atoms with Crippen LogP contribution in [0.1, 0.15) is 44.9 Å². The molecule has 1 aromatic rings. The fraction of sp³-hybridized carbons (Fsp3) is 0.529. The Morgan fingerprint density at radius 3 is 2.62 bits per heavy atom. The van der Waals surface area contributed by atoms with E-state index in [0.29, 0.717) is 12.0 Å². The summed E-state index contributed by atoms with van der Waals surface area (Å²) >= 11 is 3.71. The van der Waals surface area contributed by atoms with Crippen molar-refractivity contribution in [3.8, 4) is 0 Å². The second kappa shape index (κ2) is 5.95. The molecule has 5 N–H and O–H groups in total. The number of guanidine groups is 2. The van der Waals surface area contributed by atoms with Crippen molar-refractivity contribution in [1.82, 2.24) is 0 Å². The van der Waals surface area contributed by atoms with Gasteiger partial charge in [0.2, 0.25) is 11.9 Å². The topological polar surface area (TPSA) is 92.0 Å². The number of halogens is 1. The van der Waals surface area contributed by atoms with E-state index in [0.717, 1.165) is 41.5 Å². The van der Waals surface area contributed by atoms with Crippen LogP contribution in [0, 0.1) is 0 Å². The molecule has 128 valence electrons. The number of rotatable bonds is 3. The Kier molecular flexibility index (Phi) is 3.90. The quantitative estimate of drug-likeness (QED) is 0.738. The lowest BCUT2D eigenvalue weighted by molar-refractivity contribution is 0.305. The van der Waals surface area contributed by atoms with Gasteiger partial charge in [0, 0.05) is 10.5 Å². The molecule has 0 aromatic heterocycles. The Bertz CT molecular complexity index is 703. The number of hydrogen-bond acceptors (Lipinski definition) is 6. The summed E-state index contributed by atoms with van der Waals surface area (Å²) in [6.07, 6.45) is 7.78. The van der Waals surface area contributed by atoms with E-state index in [4.69, 9.17) is 16.5 Å². The molecule has 4 rings (SSSR count). The van der Waals surface area contributed by atoms with Gasteiger partial charge in [-0.2, -0.15) is 4.99 Å². The van der Waals surface area contributed by atoms with Gasteiger partial charge in [0.15, 0.2) is 0 Å². The molecule has 3 aliphatic rings. The number of hydrogen-bond donors (Lipinski definition) is 3. The molecule has 1 heterocycles. The van der Waals surface area contributed by atoms with Crippen LogP contribution in [0.15, 0.2) is 32.7 Å². The molecule has 6 nitrogen and oxygen atoms in total. The zero-order chi connectivity index (χ0) is 16.7. The van der Waals surface area contributed by atoms with Gasteiger partial charge < -0.3 is 16.8 Å². The molecular weight excluding hydrogens is 368 g/mol. The summed E-state index contributed by atoms with van der Waals surface area (Å²) in [6.45, 7) is 0. The van der Waals surface area contributed by atoms with Gasteiger partial charge in [0.1, 0.15) is 5.66 Å². The van der Waals surface area contributed by atoms with Crippen molar-refractivity contribution in [3.63, 3.8) is 0 Å². The summed E-state index contributed by atoms with van der Waals surface area (Å²) in [5.41, 5.74) is 14.0. The van der Waals surface area contributed by atoms with Crippen molar-refractivity contribution in [2.24, 2.45) is 21.5 Å². The average molecular weight is 391 g/mol. The van der Waals surface area contributed by atoms with Crippen LogP contribution < -0.4 is 21.7 Å². The molecule has 1 spiro atoms. The van der Waals surface area contributed by atoms with Crippen molar-refractivity contribution in [3.05, 3.63) is 22.7 Å². The Balaban J connectivity index is 1.82. The highest BCUT2D eigenvalue weighted by Gasteiger charge is 2.44. The summed E-state index contributed by atoms with van der Waals surface area (Å²) in [6, 6.07) is 6.74. The van der Waals surface area contributed by atoms with Crippen LogP contribution in [-0.2, 0) is 0 Å². The molecule has 2 fully saturated rings. The highest BCUT2D eigenvalue weighted by molar-refractivity contribution is 9.10. The Hall–Kier alpha value is -1.76. The zero-order valence-electron chi connectivity index (χ0n) is 13.6. The summed E-state index contributed by atoms with van der Waals surface area (Å²) in [5.74, 6) is 0.713. The Morgan fingerprint density at radius 1 is 1.17 bits per heavy atom. The standard InChI is InChI=1S/C17H23BrN6/c18-12-5-4-6-13(21-11-7-8-11)14(12)24-16(20)22-15(19)23-17(24)9-2-1-3-10-17/h4-6,11,21H,1-3,7-10H2,(H4,19,20,22,23). The molecule has 7 heteroatoms. The fourth-order valence-electron chi connectivity index (χ4n) is 3.75. The summed E-state index contributed by atoms with van der Waals surface area (Å²) in [4.78, 5) is 11.1.